The second kappa shape index (κ2) is 7.41. The van der Waals surface area contributed by atoms with Crippen LogP contribution in [-0.2, 0) is 10.0 Å². The molecule has 0 saturated carbocycles. The maximum Gasteiger partial charge on any atom is 0.341 e. The van der Waals surface area contributed by atoms with Gasteiger partial charge in [-0.15, -0.1) is 0 Å². The molecule has 27 heavy (non-hydrogen) atoms. The Morgan fingerprint density at radius 3 is 2.52 bits per heavy atom. The monoisotopic (exact) mass is 393 g/mol. The van der Waals surface area contributed by atoms with Crippen molar-refractivity contribution in [2.24, 2.45) is 0 Å². The number of furan rings is 1. The molecular weight excluding hydrogens is 374 g/mol. The number of benzene rings is 1. The van der Waals surface area contributed by atoms with Gasteiger partial charge in [0.05, 0.1) is 31.7 Å². The van der Waals surface area contributed by atoms with Crippen molar-refractivity contribution in [3.63, 3.8) is 0 Å². The molecule has 1 atom stereocenters. The maximum atomic E-state index is 12.1. The normalized spacial score (nSPS) is 15.9. The fourth-order valence-electron chi connectivity index (χ4n) is 2.72. The SMILES string of the molecule is CS(=O)(=O)N1CCN(C(=O)NC[C@H](O)c2ccc(-c3ccco3)cc2)C1=O. The smallest absolute Gasteiger partial charge is 0.341 e. The van der Waals surface area contributed by atoms with E-state index in [0.717, 1.165) is 16.7 Å². The Hall–Kier alpha value is -2.85. The Balaban J connectivity index is 1.57. The van der Waals surface area contributed by atoms with Gasteiger partial charge in [-0.1, -0.05) is 24.3 Å². The van der Waals surface area contributed by atoms with E-state index in [4.69, 9.17) is 4.42 Å². The Bertz CT molecular complexity index is 924. The fraction of sp³-hybridized carbons (Fsp3) is 0.294. The lowest BCUT2D eigenvalue weighted by atomic mass is 10.1. The lowest BCUT2D eigenvalue weighted by molar-refractivity contribution is 0.164. The molecule has 1 aliphatic heterocycles. The first-order valence-corrected chi connectivity index (χ1v) is 10.0. The average Bonchev–Trinajstić information content (AvgIpc) is 3.28. The number of carbonyl (C=O) groups is 2. The van der Waals surface area contributed by atoms with Crippen molar-refractivity contribution in [2.45, 2.75) is 6.10 Å². The third-order valence-electron chi connectivity index (χ3n) is 4.16. The largest absolute Gasteiger partial charge is 0.464 e. The molecule has 4 amide bonds. The highest BCUT2D eigenvalue weighted by Gasteiger charge is 2.38. The number of sulfonamides is 1. The van der Waals surface area contributed by atoms with Gasteiger partial charge in [0.25, 0.3) is 0 Å². The molecule has 10 heteroatoms. The summed E-state index contributed by atoms with van der Waals surface area (Å²) >= 11 is 0. The molecule has 1 fully saturated rings. The summed E-state index contributed by atoms with van der Waals surface area (Å²) in [5.41, 5.74) is 1.43. The number of aliphatic hydroxyl groups is 1. The number of urea groups is 2. The Morgan fingerprint density at radius 2 is 1.96 bits per heavy atom. The molecule has 0 bridgehead atoms. The minimum absolute atomic E-state index is 0.0360. The Kier molecular flexibility index (Phi) is 5.19. The predicted molar refractivity (Wildman–Crippen MR) is 96.2 cm³/mol. The highest BCUT2D eigenvalue weighted by Crippen LogP contribution is 2.22. The predicted octanol–water partition coefficient (Wildman–Crippen LogP) is 1.39. The lowest BCUT2D eigenvalue weighted by Crippen LogP contribution is -2.44. The van der Waals surface area contributed by atoms with Crippen molar-refractivity contribution in [1.29, 1.82) is 0 Å². The number of carbonyl (C=O) groups excluding carboxylic acids is 2. The summed E-state index contributed by atoms with van der Waals surface area (Å²) in [6.45, 7) is -0.241. The van der Waals surface area contributed by atoms with Gasteiger partial charge in [-0.25, -0.2) is 27.2 Å². The zero-order valence-corrected chi connectivity index (χ0v) is 15.3. The van der Waals surface area contributed by atoms with Crippen LogP contribution in [0, 0.1) is 0 Å². The van der Waals surface area contributed by atoms with Gasteiger partial charge in [-0.05, 0) is 17.7 Å². The van der Waals surface area contributed by atoms with Crippen molar-refractivity contribution in [1.82, 2.24) is 14.5 Å². The van der Waals surface area contributed by atoms with E-state index in [9.17, 15) is 23.1 Å². The highest BCUT2D eigenvalue weighted by molar-refractivity contribution is 7.88. The van der Waals surface area contributed by atoms with Gasteiger partial charge in [0.1, 0.15) is 5.76 Å². The molecule has 1 aromatic carbocycles. The molecule has 144 valence electrons. The van der Waals surface area contributed by atoms with Crippen LogP contribution in [-0.4, -0.2) is 60.7 Å². The first kappa shape index (κ1) is 18.9. The number of amides is 4. The van der Waals surface area contributed by atoms with E-state index in [1.54, 1.807) is 36.6 Å². The third-order valence-corrected chi connectivity index (χ3v) is 5.30. The van der Waals surface area contributed by atoms with E-state index < -0.39 is 28.2 Å². The number of nitrogens with zero attached hydrogens (tertiary/aromatic N) is 2. The second-order valence-electron chi connectivity index (χ2n) is 6.07. The molecule has 1 aromatic heterocycles. The zero-order chi connectivity index (χ0) is 19.6. The first-order chi connectivity index (χ1) is 12.8. The van der Waals surface area contributed by atoms with Crippen LogP contribution in [0.5, 0.6) is 0 Å². The van der Waals surface area contributed by atoms with Gasteiger partial charge in [-0.3, -0.25) is 0 Å². The van der Waals surface area contributed by atoms with Crippen LogP contribution in [0.15, 0.2) is 47.1 Å². The molecule has 2 N–H and O–H groups in total. The van der Waals surface area contributed by atoms with Crippen molar-refractivity contribution < 1.29 is 27.5 Å². The number of hydrogen-bond acceptors (Lipinski definition) is 6. The van der Waals surface area contributed by atoms with Crippen molar-refractivity contribution in [2.75, 3.05) is 25.9 Å². The zero-order valence-electron chi connectivity index (χ0n) is 14.5. The van der Waals surface area contributed by atoms with Gasteiger partial charge >= 0.3 is 12.1 Å². The summed E-state index contributed by atoms with van der Waals surface area (Å²) in [6, 6.07) is 8.93. The van der Waals surface area contributed by atoms with Gasteiger partial charge < -0.3 is 14.8 Å². The van der Waals surface area contributed by atoms with Gasteiger partial charge in [0.15, 0.2) is 0 Å². The quantitative estimate of drug-likeness (QED) is 0.792. The van der Waals surface area contributed by atoms with Gasteiger partial charge in [0, 0.05) is 12.1 Å². The number of aliphatic hydroxyl groups excluding tert-OH is 1. The molecular formula is C17H19N3O6S. The first-order valence-electron chi connectivity index (χ1n) is 8.16. The van der Waals surface area contributed by atoms with Crippen LogP contribution in [0.2, 0.25) is 0 Å². The number of imide groups is 1. The molecule has 3 rings (SSSR count). The summed E-state index contributed by atoms with van der Waals surface area (Å²) in [4.78, 5) is 24.9. The van der Waals surface area contributed by atoms with Gasteiger partial charge in [0.2, 0.25) is 10.0 Å². The third kappa shape index (κ3) is 4.12. The van der Waals surface area contributed by atoms with Crippen LogP contribution in [0.3, 0.4) is 0 Å². The van der Waals surface area contributed by atoms with E-state index in [-0.39, 0.29) is 19.6 Å². The Morgan fingerprint density at radius 1 is 1.26 bits per heavy atom. The van der Waals surface area contributed by atoms with E-state index in [1.165, 1.54) is 0 Å². The van der Waals surface area contributed by atoms with E-state index in [1.807, 2.05) is 6.07 Å². The van der Waals surface area contributed by atoms with Gasteiger partial charge in [-0.2, -0.15) is 0 Å². The van der Waals surface area contributed by atoms with Crippen molar-refractivity contribution in [3.8, 4) is 11.3 Å². The minimum atomic E-state index is -3.71. The van der Waals surface area contributed by atoms with E-state index in [0.29, 0.717) is 15.6 Å². The molecule has 9 nitrogen and oxygen atoms in total. The average molecular weight is 393 g/mol. The van der Waals surface area contributed by atoms with E-state index in [2.05, 4.69) is 5.32 Å². The molecule has 0 aliphatic carbocycles. The maximum absolute atomic E-state index is 12.1. The minimum Gasteiger partial charge on any atom is -0.464 e. The molecule has 0 spiro atoms. The number of hydrogen-bond donors (Lipinski definition) is 2. The van der Waals surface area contributed by atoms with E-state index >= 15 is 0 Å². The number of nitrogens with one attached hydrogen (secondary N) is 1. The Labute approximate surface area is 156 Å². The van der Waals surface area contributed by atoms with Crippen LogP contribution in [0.25, 0.3) is 11.3 Å². The van der Waals surface area contributed by atoms with Crippen LogP contribution in [0.1, 0.15) is 11.7 Å². The molecule has 0 unspecified atom stereocenters. The summed E-state index contributed by atoms with van der Waals surface area (Å²) < 4.78 is 28.9. The molecule has 1 saturated heterocycles. The lowest BCUT2D eigenvalue weighted by Gasteiger charge is -2.18. The number of rotatable bonds is 5. The van der Waals surface area contributed by atoms with Crippen LogP contribution < -0.4 is 5.32 Å². The topological polar surface area (TPSA) is 120 Å². The van der Waals surface area contributed by atoms with Crippen LogP contribution >= 0.6 is 0 Å². The van der Waals surface area contributed by atoms with Crippen molar-refractivity contribution in [3.05, 3.63) is 48.2 Å². The molecule has 0 radical (unpaired) electrons. The highest BCUT2D eigenvalue weighted by atomic mass is 32.2. The standard InChI is InChI=1S/C17H19N3O6S/c1-27(24,25)20-9-8-19(17(20)23)16(22)18-11-14(21)12-4-6-13(7-5-12)15-3-2-10-26-15/h2-7,10,14,21H,8-9,11H2,1H3,(H,18,22)/t14-/m0/s1. The molecule has 2 heterocycles. The summed E-state index contributed by atoms with van der Waals surface area (Å²) in [5, 5.41) is 12.7. The summed E-state index contributed by atoms with van der Waals surface area (Å²) in [6.07, 6.45) is 1.49. The summed E-state index contributed by atoms with van der Waals surface area (Å²) in [7, 11) is -3.71. The van der Waals surface area contributed by atoms with Crippen LogP contribution in [0.4, 0.5) is 9.59 Å². The second-order valence-corrected chi connectivity index (χ2v) is 7.98. The molecule has 1 aliphatic rings. The summed E-state index contributed by atoms with van der Waals surface area (Å²) in [5.74, 6) is 0.701. The fourth-order valence-corrected chi connectivity index (χ4v) is 3.52. The molecule has 2 aromatic rings. The van der Waals surface area contributed by atoms with Crippen molar-refractivity contribution >= 4 is 22.1 Å².